The number of carboxylic acids is 1. The number of carboxylic acid groups (broad SMARTS) is 1. The second-order valence-electron chi connectivity index (χ2n) is 8.18. The number of unbranched alkanes of at least 4 members (excludes halogenated alkanes) is 1. The maximum atomic E-state index is 12.6. The van der Waals surface area contributed by atoms with Crippen LogP contribution in [0.3, 0.4) is 0 Å². The van der Waals surface area contributed by atoms with Crippen molar-refractivity contribution in [2.75, 3.05) is 13.2 Å². The van der Waals surface area contributed by atoms with Gasteiger partial charge in [0.15, 0.2) is 6.61 Å². The summed E-state index contributed by atoms with van der Waals surface area (Å²) in [6.45, 7) is 3.90. The molecule has 7 nitrogen and oxygen atoms in total. The number of aliphatic carboxylic acids is 1. The quantitative estimate of drug-likeness (QED) is 0.367. The Hall–Kier alpha value is -3.48. The van der Waals surface area contributed by atoms with Crippen molar-refractivity contribution in [3.05, 3.63) is 64.0 Å². The number of aryl methyl sites for hydroxylation is 1. The molecule has 0 spiro atoms. The van der Waals surface area contributed by atoms with E-state index in [1.165, 1.54) is 6.07 Å². The molecule has 7 heteroatoms. The zero-order valence-electron chi connectivity index (χ0n) is 19.0. The monoisotopic (exact) mass is 454 g/mol. The van der Waals surface area contributed by atoms with Crippen LogP contribution in [0.2, 0.25) is 0 Å². The summed E-state index contributed by atoms with van der Waals surface area (Å²) in [5.74, 6) is 0.116. The highest BCUT2D eigenvalue weighted by Gasteiger charge is 2.19. The van der Waals surface area contributed by atoms with Gasteiger partial charge in [0.25, 0.3) is 0 Å². The number of ether oxygens (including phenoxy) is 2. The van der Waals surface area contributed by atoms with Crippen LogP contribution in [0.4, 0.5) is 0 Å². The molecular weight excluding hydrogens is 424 g/mol. The number of aromatic hydroxyl groups is 1. The van der Waals surface area contributed by atoms with Crippen molar-refractivity contribution in [3.63, 3.8) is 0 Å². The van der Waals surface area contributed by atoms with E-state index in [0.29, 0.717) is 30.4 Å². The van der Waals surface area contributed by atoms with Crippen molar-refractivity contribution >= 4 is 16.9 Å². The molecule has 1 unspecified atom stereocenters. The number of rotatable bonds is 12. The van der Waals surface area contributed by atoms with Crippen LogP contribution in [0, 0.1) is 12.8 Å². The van der Waals surface area contributed by atoms with E-state index in [0.717, 1.165) is 25.0 Å². The lowest BCUT2D eigenvalue weighted by Crippen LogP contribution is -2.16. The van der Waals surface area contributed by atoms with Gasteiger partial charge >= 0.3 is 11.6 Å². The lowest BCUT2D eigenvalue weighted by Gasteiger charge is -2.18. The van der Waals surface area contributed by atoms with Gasteiger partial charge in [0.1, 0.15) is 22.8 Å². The number of hydrogen-bond acceptors (Lipinski definition) is 6. The molecule has 3 rings (SSSR count). The molecule has 0 radical (unpaired) electrons. The van der Waals surface area contributed by atoms with E-state index in [2.05, 4.69) is 6.92 Å². The number of hydrogen-bond donors (Lipinski definition) is 2. The molecule has 3 aromatic rings. The van der Waals surface area contributed by atoms with Gasteiger partial charge in [0.2, 0.25) is 0 Å². The lowest BCUT2D eigenvalue weighted by molar-refractivity contribution is -0.139. The fourth-order valence-electron chi connectivity index (χ4n) is 3.76. The summed E-state index contributed by atoms with van der Waals surface area (Å²) in [6, 6.07) is 12.7. The van der Waals surface area contributed by atoms with Gasteiger partial charge in [-0.3, -0.25) is 0 Å². The van der Waals surface area contributed by atoms with Crippen LogP contribution in [-0.4, -0.2) is 29.4 Å². The van der Waals surface area contributed by atoms with Gasteiger partial charge in [-0.25, -0.2) is 9.59 Å². The molecule has 0 aliphatic heterocycles. The summed E-state index contributed by atoms with van der Waals surface area (Å²) >= 11 is 0. The van der Waals surface area contributed by atoms with E-state index in [9.17, 15) is 14.7 Å². The molecule has 176 valence electrons. The topological polar surface area (TPSA) is 106 Å². The third-order valence-corrected chi connectivity index (χ3v) is 5.62. The van der Waals surface area contributed by atoms with E-state index < -0.39 is 18.2 Å². The summed E-state index contributed by atoms with van der Waals surface area (Å²) in [5.41, 5.74) is 0.423. The second-order valence-corrected chi connectivity index (χ2v) is 8.18. The maximum Gasteiger partial charge on any atom is 0.343 e. The average molecular weight is 455 g/mol. The Labute approximate surface area is 192 Å². The summed E-state index contributed by atoms with van der Waals surface area (Å²) < 4.78 is 16.6. The first-order valence-electron chi connectivity index (χ1n) is 11.2. The van der Waals surface area contributed by atoms with Crippen LogP contribution in [0.1, 0.15) is 43.7 Å². The average Bonchev–Trinajstić information content (AvgIpc) is 2.80. The molecule has 0 amide bonds. The van der Waals surface area contributed by atoms with Gasteiger partial charge in [-0.1, -0.05) is 38.0 Å². The molecule has 0 aliphatic rings. The zero-order chi connectivity index (χ0) is 23.8. The molecular formula is C26H30O7. The van der Waals surface area contributed by atoms with Crippen molar-refractivity contribution in [2.24, 2.45) is 5.92 Å². The number of fused-ring (bicyclic) bond motifs is 1. The Bertz CT molecular complexity index is 1130. The van der Waals surface area contributed by atoms with Gasteiger partial charge in [-0.05, 0) is 55.9 Å². The first-order valence-corrected chi connectivity index (χ1v) is 11.2. The van der Waals surface area contributed by atoms with Crippen LogP contribution in [0.25, 0.3) is 11.0 Å². The Kier molecular flexibility index (Phi) is 8.35. The molecule has 1 atom stereocenters. The molecule has 0 aliphatic carbocycles. The summed E-state index contributed by atoms with van der Waals surface area (Å²) in [4.78, 5) is 23.4. The predicted molar refractivity (Wildman–Crippen MR) is 125 cm³/mol. The minimum atomic E-state index is -1.11. The Morgan fingerprint density at radius 3 is 2.58 bits per heavy atom. The van der Waals surface area contributed by atoms with E-state index in [4.69, 9.17) is 19.0 Å². The first kappa shape index (κ1) is 24.2. The second kappa shape index (κ2) is 11.4. The SMILES string of the molecule is CCCCC(CCc1c(O)c2cc(C)c(OCC(=O)O)cc2oc1=O)COc1ccccc1. The van der Waals surface area contributed by atoms with Crippen molar-refractivity contribution < 1.29 is 28.9 Å². The highest BCUT2D eigenvalue weighted by molar-refractivity contribution is 5.86. The van der Waals surface area contributed by atoms with Gasteiger partial charge in [0.05, 0.1) is 17.6 Å². The van der Waals surface area contributed by atoms with E-state index in [-0.39, 0.29) is 28.6 Å². The highest BCUT2D eigenvalue weighted by atomic mass is 16.5. The van der Waals surface area contributed by atoms with Crippen molar-refractivity contribution in [3.8, 4) is 17.2 Å². The largest absolute Gasteiger partial charge is 0.507 e. The van der Waals surface area contributed by atoms with Crippen LogP contribution in [0.15, 0.2) is 51.7 Å². The van der Waals surface area contributed by atoms with E-state index in [1.807, 2.05) is 30.3 Å². The van der Waals surface area contributed by atoms with Gasteiger partial charge in [-0.15, -0.1) is 0 Å². The zero-order valence-corrected chi connectivity index (χ0v) is 19.0. The molecule has 0 fully saturated rings. The van der Waals surface area contributed by atoms with Gasteiger partial charge in [0, 0.05) is 6.07 Å². The number of para-hydroxylation sites is 1. The van der Waals surface area contributed by atoms with E-state index in [1.54, 1.807) is 13.0 Å². The van der Waals surface area contributed by atoms with Crippen molar-refractivity contribution in [1.82, 2.24) is 0 Å². The molecule has 33 heavy (non-hydrogen) atoms. The van der Waals surface area contributed by atoms with Crippen LogP contribution in [-0.2, 0) is 11.2 Å². The number of benzene rings is 2. The third-order valence-electron chi connectivity index (χ3n) is 5.62. The Morgan fingerprint density at radius 2 is 1.88 bits per heavy atom. The normalized spacial score (nSPS) is 11.9. The van der Waals surface area contributed by atoms with Crippen LogP contribution in [0.5, 0.6) is 17.2 Å². The third kappa shape index (κ3) is 6.51. The fraction of sp³-hybridized carbons (Fsp3) is 0.385. The number of carbonyl (C=O) groups is 1. The van der Waals surface area contributed by atoms with Crippen LogP contribution < -0.4 is 15.1 Å². The molecule has 0 saturated heterocycles. The van der Waals surface area contributed by atoms with Crippen LogP contribution >= 0.6 is 0 Å². The molecule has 0 saturated carbocycles. The molecule has 2 N–H and O–H groups in total. The molecule has 0 bridgehead atoms. The van der Waals surface area contributed by atoms with Crippen molar-refractivity contribution in [2.45, 2.75) is 46.0 Å². The summed E-state index contributed by atoms with van der Waals surface area (Å²) in [7, 11) is 0. The standard InChI is InChI=1S/C26H30O7/c1-3-4-8-18(15-31-19-9-6-5-7-10-19)11-12-20-25(29)21-13-17(2)22(32-16-24(27)28)14-23(21)33-26(20)30/h5-7,9-10,13-14,18,29H,3-4,8,11-12,15-16H2,1-2H3,(H,27,28). The smallest absolute Gasteiger partial charge is 0.343 e. The minimum absolute atomic E-state index is 0.104. The molecule has 1 aromatic heterocycles. The van der Waals surface area contributed by atoms with E-state index >= 15 is 0 Å². The van der Waals surface area contributed by atoms with Gasteiger partial charge in [-0.2, -0.15) is 0 Å². The predicted octanol–water partition coefficient (Wildman–Crippen LogP) is 5.09. The Morgan fingerprint density at radius 1 is 1.12 bits per heavy atom. The molecule has 1 heterocycles. The molecule has 2 aromatic carbocycles. The van der Waals surface area contributed by atoms with Gasteiger partial charge < -0.3 is 24.1 Å². The first-order chi connectivity index (χ1) is 15.9. The maximum absolute atomic E-state index is 12.6. The Balaban J connectivity index is 1.77. The summed E-state index contributed by atoms with van der Waals surface area (Å²) in [5, 5.41) is 20.0. The fourth-order valence-corrected chi connectivity index (χ4v) is 3.76. The minimum Gasteiger partial charge on any atom is -0.507 e. The highest BCUT2D eigenvalue weighted by Crippen LogP contribution is 2.33. The lowest BCUT2D eigenvalue weighted by atomic mass is 9.95. The van der Waals surface area contributed by atoms with Crippen molar-refractivity contribution in [1.29, 1.82) is 0 Å². The summed E-state index contributed by atoms with van der Waals surface area (Å²) in [6.07, 6.45) is 4.13.